The molecule has 4 N–H and O–H groups in total. The van der Waals surface area contributed by atoms with Gasteiger partial charge in [-0.15, -0.1) is 0 Å². The Morgan fingerprint density at radius 3 is 2.21 bits per heavy atom. The van der Waals surface area contributed by atoms with Crippen molar-refractivity contribution in [2.45, 2.75) is 50.9 Å². The molecule has 2 unspecified atom stereocenters. The number of anilines is 3. The van der Waals surface area contributed by atoms with Gasteiger partial charge < -0.3 is 21.1 Å². The molecule has 0 radical (unpaired) electrons. The number of carbonyl (C=O) groups excluding carboxylic acids is 2. The number of hydrogen-bond acceptors (Lipinski definition) is 7. The van der Waals surface area contributed by atoms with Crippen LogP contribution >= 0.6 is 0 Å². The summed E-state index contributed by atoms with van der Waals surface area (Å²) in [4.78, 5) is 32.8. The van der Waals surface area contributed by atoms with E-state index < -0.39 is 17.2 Å². The van der Waals surface area contributed by atoms with Crippen molar-refractivity contribution in [1.29, 1.82) is 0 Å². The Kier molecular flexibility index (Phi) is 4.98. The van der Waals surface area contributed by atoms with E-state index in [1.54, 1.807) is 0 Å². The molecule has 0 saturated heterocycles. The van der Waals surface area contributed by atoms with Crippen molar-refractivity contribution < 1.29 is 14.7 Å². The minimum Gasteiger partial charge on any atom is -0.396 e. The van der Waals surface area contributed by atoms with Gasteiger partial charge >= 0.3 is 0 Å². The quantitative estimate of drug-likeness (QED) is 0.302. The fourth-order valence-corrected chi connectivity index (χ4v) is 6.34. The van der Waals surface area contributed by atoms with E-state index in [9.17, 15) is 14.7 Å². The van der Waals surface area contributed by atoms with Crippen LogP contribution in [0.3, 0.4) is 0 Å². The second-order valence-corrected chi connectivity index (χ2v) is 11.3. The lowest BCUT2D eigenvalue weighted by atomic mass is 9.70. The van der Waals surface area contributed by atoms with E-state index in [1.807, 2.05) is 67.6 Å². The van der Waals surface area contributed by atoms with Gasteiger partial charge in [0.15, 0.2) is 11.6 Å². The molecule has 4 aromatic rings. The normalized spacial score (nSPS) is 25.0. The first-order chi connectivity index (χ1) is 18.8. The summed E-state index contributed by atoms with van der Waals surface area (Å²) >= 11 is 0. The highest BCUT2D eigenvalue weighted by Gasteiger charge is 2.48. The Morgan fingerprint density at radius 1 is 0.846 bits per heavy atom. The zero-order chi connectivity index (χ0) is 27.1. The van der Waals surface area contributed by atoms with Crippen molar-refractivity contribution in [3.8, 4) is 0 Å². The number of carbonyl (C=O) groups is 2. The third-order valence-corrected chi connectivity index (χ3v) is 8.57. The first kappa shape index (κ1) is 23.9. The van der Waals surface area contributed by atoms with E-state index in [2.05, 4.69) is 29.8 Å². The zero-order valence-electron chi connectivity index (χ0n) is 22.2. The number of aliphatic hydroxyl groups excluding tert-OH is 1. The SMILES string of the molecule is CCC1(C)Nc2cccc3ccc(C4C(=O)C(=c5ccc6cccc7c6c5=NC(C)(CCO)N7)C4=O)c(c23)N1. The highest BCUT2D eigenvalue weighted by atomic mass is 16.3. The number of nitrogens with zero attached hydrogens (tertiary/aromatic N) is 1. The van der Waals surface area contributed by atoms with E-state index in [-0.39, 0.29) is 23.7 Å². The van der Waals surface area contributed by atoms with Crippen LogP contribution in [0.5, 0.6) is 0 Å². The van der Waals surface area contributed by atoms with Crippen LogP contribution in [0.4, 0.5) is 17.1 Å². The van der Waals surface area contributed by atoms with E-state index in [0.717, 1.165) is 45.0 Å². The van der Waals surface area contributed by atoms with Gasteiger partial charge in [0.2, 0.25) is 0 Å². The molecule has 39 heavy (non-hydrogen) atoms. The standard InChI is InChI=1S/C32H30N4O3/c1-4-31(2)33-21-9-5-7-17-11-13-19(27(35-31)23(17)21)25-29(38)26(30(25)39)20-14-12-18-8-6-10-22-24(18)28(20)36-32(3,34-22)15-16-37/h5-14,25,33-35,37H,4,15-16H2,1-3H3. The van der Waals surface area contributed by atoms with Crippen LogP contribution in [-0.4, -0.2) is 34.6 Å². The summed E-state index contributed by atoms with van der Waals surface area (Å²) in [6.07, 6.45) is 1.21. The number of rotatable bonds is 4. The molecule has 7 nitrogen and oxygen atoms in total. The van der Waals surface area contributed by atoms with E-state index in [1.165, 1.54) is 0 Å². The van der Waals surface area contributed by atoms with Crippen LogP contribution in [0.25, 0.3) is 27.1 Å². The van der Waals surface area contributed by atoms with Crippen LogP contribution in [0, 0.1) is 0 Å². The van der Waals surface area contributed by atoms with Crippen LogP contribution in [0.2, 0.25) is 0 Å². The smallest absolute Gasteiger partial charge is 0.182 e. The first-order valence-corrected chi connectivity index (χ1v) is 13.5. The van der Waals surface area contributed by atoms with Crippen molar-refractivity contribution in [2.24, 2.45) is 4.99 Å². The fourth-order valence-electron chi connectivity index (χ4n) is 6.34. The number of hydrogen-bond donors (Lipinski definition) is 4. The highest BCUT2D eigenvalue weighted by Crippen LogP contribution is 2.46. The molecule has 0 spiro atoms. The molecule has 0 bridgehead atoms. The van der Waals surface area contributed by atoms with Gasteiger partial charge in [-0.1, -0.05) is 55.5 Å². The Morgan fingerprint density at radius 2 is 1.51 bits per heavy atom. The van der Waals surface area contributed by atoms with Crippen molar-refractivity contribution in [2.75, 3.05) is 22.6 Å². The number of Topliss-reactive ketones (excluding diaryl/α,β-unsaturated/α-hetero) is 2. The molecule has 2 heterocycles. The van der Waals surface area contributed by atoms with Gasteiger partial charge in [0.05, 0.1) is 16.6 Å². The summed E-state index contributed by atoms with van der Waals surface area (Å²) < 4.78 is 0. The Bertz CT molecular complexity index is 1860. The third-order valence-electron chi connectivity index (χ3n) is 8.57. The molecule has 3 aliphatic rings. The van der Waals surface area contributed by atoms with Crippen LogP contribution in [0.15, 0.2) is 65.7 Å². The number of nitrogens with one attached hydrogen (secondary N) is 3. The van der Waals surface area contributed by atoms with Crippen molar-refractivity contribution in [3.63, 3.8) is 0 Å². The van der Waals surface area contributed by atoms with E-state index in [4.69, 9.17) is 4.99 Å². The summed E-state index contributed by atoms with van der Waals surface area (Å²) in [7, 11) is 0. The van der Waals surface area contributed by atoms with Crippen LogP contribution in [0.1, 0.15) is 45.1 Å². The molecule has 7 heteroatoms. The molecule has 4 aromatic carbocycles. The topological polar surface area (TPSA) is 103 Å². The predicted octanol–water partition coefficient (Wildman–Crippen LogP) is 4.19. The predicted molar refractivity (Wildman–Crippen MR) is 155 cm³/mol. The van der Waals surface area contributed by atoms with Crippen LogP contribution < -0.4 is 26.5 Å². The first-order valence-electron chi connectivity index (χ1n) is 13.5. The van der Waals surface area contributed by atoms with Gasteiger partial charge in [-0.3, -0.25) is 14.6 Å². The average Bonchev–Trinajstić information content (AvgIpc) is 2.91. The zero-order valence-corrected chi connectivity index (χ0v) is 22.2. The van der Waals surface area contributed by atoms with E-state index in [0.29, 0.717) is 22.6 Å². The van der Waals surface area contributed by atoms with E-state index >= 15 is 0 Å². The van der Waals surface area contributed by atoms with Gasteiger partial charge in [0.1, 0.15) is 17.2 Å². The molecule has 196 valence electrons. The molecule has 1 aliphatic carbocycles. The summed E-state index contributed by atoms with van der Waals surface area (Å²) in [6.45, 7) is 6.06. The largest absolute Gasteiger partial charge is 0.396 e. The summed E-state index contributed by atoms with van der Waals surface area (Å²) in [5.41, 5.74) is 2.50. The number of aliphatic hydroxyl groups is 1. The Hall–Kier alpha value is -4.23. The van der Waals surface area contributed by atoms with Gasteiger partial charge in [-0.2, -0.15) is 0 Å². The second-order valence-electron chi connectivity index (χ2n) is 11.3. The third kappa shape index (κ3) is 3.36. The number of ketones is 2. The van der Waals surface area contributed by atoms with Crippen molar-refractivity contribution >= 4 is 55.7 Å². The fraction of sp³-hybridized carbons (Fsp3) is 0.281. The van der Waals surface area contributed by atoms with Crippen molar-refractivity contribution in [1.82, 2.24) is 0 Å². The molecule has 0 amide bonds. The molecule has 1 saturated carbocycles. The molecule has 2 aliphatic heterocycles. The van der Waals surface area contributed by atoms with Gasteiger partial charge in [-0.25, -0.2) is 0 Å². The Balaban J connectivity index is 1.43. The molecule has 7 rings (SSSR count). The van der Waals surface area contributed by atoms with Crippen LogP contribution in [-0.2, 0) is 9.59 Å². The lowest BCUT2D eigenvalue weighted by Gasteiger charge is -2.40. The Labute approximate surface area is 225 Å². The van der Waals surface area contributed by atoms with Gasteiger partial charge in [-0.05, 0) is 48.7 Å². The summed E-state index contributed by atoms with van der Waals surface area (Å²) in [5, 5.41) is 25.4. The minimum absolute atomic E-state index is 0.0394. The van der Waals surface area contributed by atoms with Crippen molar-refractivity contribution in [3.05, 3.63) is 76.8 Å². The lowest BCUT2D eigenvalue weighted by molar-refractivity contribution is -0.129. The highest BCUT2D eigenvalue weighted by molar-refractivity contribution is 6.59. The minimum atomic E-state index is -0.858. The maximum atomic E-state index is 13.9. The molecular weight excluding hydrogens is 488 g/mol. The molecule has 0 aromatic heterocycles. The van der Waals surface area contributed by atoms with Gasteiger partial charge in [0.25, 0.3) is 0 Å². The maximum absolute atomic E-state index is 13.9. The summed E-state index contributed by atoms with van der Waals surface area (Å²) in [6, 6.07) is 19.7. The average molecular weight is 519 g/mol. The molecular formula is C32H30N4O3. The second kappa shape index (κ2) is 8.13. The van der Waals surface area contributed by atoms with Gasteiger partial charge in [0, 0.05) is 40.4 Å². The molecule has 1 fully saturated rings. The lowest BCUT2D eigenvalue weighted by Crippen LogP contribution is -2.49. The molecule has 2 atom stereocenters. The maximum Gasteiger partial charge on any atom is 0.182 e. The number of benzene rings is 4. The summed E-state index contributed by atoms with van der Waals surface area (Å²) in [5.74, 6) is -1.22. The monoisotopic (exact) mass is 518 g/mol.